The Morgan fingerprint density at radius 2 is 2.13 bits per heavy atom. The molecule has 23 heavy (non-hydrogen) atoms. The van der Waals surface area contributed by atoms with Gasteiger partial charge in [-0.25, -0.2) is 9.97 Å². The maximum atomic E-state index is 5.33. The van der Waals surface area contributed by atoms with Gasteiger partial charge in [0, 0.05) is 24.5 Å². The number of methoxy groups -OCH3 is 1. The fraction of sp³-hybridized carbons (Fsp3) is 0.444. The Morgan fingerprint density at radius 3 is 2.91 bits per heavy atom. The highest BCUT2D eigenvalue weighted by Gasteiger charge is 2.28. The minimum absolute atomic E-state index is 0.324. The van der Waals surface area contributed by atoms with E-state index >= 15 is 0 Å². The predicted molar refractivity (Wildman–Crippen MR) is 93.2 cm³/mol. The molecular formula is C18H22N4O. The smallest absolute Gasteiger partial charge is 0.156 e. The van der Waals surface area contributed by atoms with Crippen molar-refractivity contribution in [2.75, 3.05) is 25.1 Å². The lowest BCUT2D eigenvalue weighted by Crippen LogP contribution is -2.40. The van der Waals surface area contributed by atoms with Crippen molar-refractivity contribution in [3.63, 3.8) is 0 Å². The predicted octanol–water partition coefficient (Wildman–Crippen LogP) is 3.75. The second-order valence-electron chi connectivity index (χ2n) is 7.15. The van der Waals surface area contributed by atoms with Crippen LogP contribution in [-0.2, 0) is 0 Å². The number of hydrogen-bond acceptors (Lipinski definition) is 4. The number of nitrogens with one attached hydrogen (secondary N) is 1. The third-order valence-electron chi connectivity index (χ3n) is 4.77. The molecule has 1 aliphatic heterocycles. The van der Waals surface area contributed by atoms with Crippen LogP contribution in [0.15, 0.2) is 24.5 Å². The third kappa shape index (κ3) is 2.40. The van der Waals surface area contributed by atoms with Crippen molar-refractivity contribution in [1.29, 1.82) is 0 Å². The molecule has 3 heterocycles. The summed E-state index contributed by atoms with van der Waals surface area (Å²) in [6.45, 7) is 6.73. The molecule has 1 N–H and O–H groups in total. The summed E-state index contributed by atoms with van der Waals surface area (Å²) in [6.07, 6.45) is 4.14. The Hall–Kier alpha value is -2.30. The first-order valence-corrected chi connectivity index (χ1v) is 8.13. The van der Waals surface area contributed by atoms with Gasteiger partial charge in [-0.3, -0.25) is 0 Å². The van der Waals surface area contributed by atoms with Crippen molar-refractivity contribution < 1.29 is 4.74 Å². The van der Waals surface area contributed by atoms with Gasteiger partial charge >= 0.3 is 0 Å². The molecule has 0 aliphatic carbocycles. The summed E-state index contributed by atoms with van der Waals surface area (Å²) in [6, 6.07) is 6.05. The van der Waals surface area contributed by atoms with E-state index in [0.717, 1.165) is 46.6 Å². The zero-order valence-electron chi connectivity index (χ0n) is 13.9. The molecular weight excluding hydrogens is 288 g/mol. The zero-order valence-corrected chi connectivity index (χ0v) is 13.9. The van der Waals surface area contributed by atoms with Gasteiger partial charge in [0.1, 0.15) is 23.1 Å². The van der Waals surface area contributed by atoms with Crippen molar-refractivity contribution in [1.82, 2.24) is 15.0 Å². The number of aromatic nitrogens is 3. The number of rotatable bonds is 2. The topological polar surface area (TPSA) is 54.0 Å². The highest BCUT2D eigenvalue weighted by Crippen LogP contribution is 2.35. The van der Waals surface area contributed by atoms with Crippen molar-refractivity contribution in [3.05, 3.63) is 24.5 Å². The average Bonchev–Trinajstić information content (AvgIpc) is 2.91. The minimum Gasteiger partial charge on any atom is -0.497 e. The van der Waals surface area contributed by atoms with Gasteiger partial charge in [0.25, 0.3) is 0 Å². The number of piperidine rings is 1. The van der Waals surface area contributed by atoms with E-state index in [1.165, 1.54) is 12.8 Å². The van der Waals surface area contributed by atoms with Crippen LogP contribution in [0.25, 0.3) is 21.9 Å². The number of nitrogens with zero attached hydrogens (tertiary/aromatic N) is 3. The molecule has 3 aromatic rings. The Labute approximate surface area is 135 Å². The van der Waals surface area contributed by atoms with E-state index in [1.807, 2.05) is 12.1 Å². The largest absolute Gasteiger partial charge is 0.497 e. The number of hydrogen-bond donors (Lipinski definition) is 1. The fourth-order valence-corrected chi connectivity index (χ4v) is 3.63. The lowest BCUT2D eigenvalue weighted by atomic mass is 9.84. The monoisotopic (exact) mass is 310 g/mol. The van der Waals surface area contributed by atoms with Crippen molar-refractivity contribution in [2.45, 2.75) is 26.7 Å². The molecule has 0 amide bonds. The molecule has 1 fully saturated rings. The quantitative estimate of drug-likeness (QED) is 0.783. The Morgan fingerprint density at radius 1 is 1.26 bits per heavy atom. The van der Waals surface area contributed by atoms with E-state index in [0.29, 0.717) is 5.41 Å². The summed E-state index contributed by atoms with van der Waals surface area (Å²) in [7, 11) is 1.69. The van der Waals surface area contributed by atoms with Crippen LogP contribution in [0.4, 0.5) is 5.82 Å². The van der Waals surface area contributed by atoms with Gasteiger partial charge in [-0.1, -0.05) is 13.8 Å². The molecule has 0 saturated carbocycles. The Kier molecular flexibility index (Phi) is 3.18. The standard InChI is InChI=1S/C18H22N4O/c1-18(2)7-4-8-22(10-18)17-16-15(19-11-20-17)13-6-5-12(23-3)9-14(13)21-16/h5-6,9,11,21H,4,7-8,10H2,1-3H3. The van der Waals surface area contributed by atoms with Gasteiger partial charge in [-0.15, -0.1) is 0 Å². The molecule has 0 radical (unpaired) electrons. The lowest BCUT2D eigenvalue weighted by molar-refractivity contribution is 0.292. The summed E-state index contributed by atoms with van der Waals surface area (Å²) >= 11 is 0. The maximum absolute atomic E-state index is 5.33. The first-order chi connectivity index (χ1) is 11.1. The molecule has 1 aliphatic rings. The molecule has 1 aromatic carbocycles. The molecule has 120 valence electrons. The van der Waals surface area contributed by atoms with Crippen LogP contribution in [-0.4, -0.2) is 35.2 Å². The van der Waals surface area contributed by atoms with E-state index in [2.05, 4.69) is 39.8 Å². The first kappa shape index (κ1) is 14.3. The molecule has 0 spiro atoms. The van der Waals surface area contributed by atoms with Crippen LogP contribution in [0.3, 0.4) is 0 Å². The third-order valence-corrected chi connectivity index (χ3v) is 4.77. The molecule has 4 rings (SSSR count). The molecule has 5 heteroatoms. The Balaban J connectivity index is 1.87. The van der Waals surface area contributed by atoms with Gasteiger partial charge in [-0.05, 0) is 30.4 Å². The summed E-state index contributed by atoms with van der Waals surface area (Å²) < 4.78 is 5.33. The van der Waals surface area contributed by atoms with Gasteiger partial charge in [0.05, 0.1) is 12.6 Å². The molecule has 0 atom stereocenters. The van der Waals surface area contributed by atoms with Crippen LogP contribution in [0.1, 0.15) is 26.7 Å². The highest BCUT2D eigenvalue weighted by molar-refractivity contribution is 6.08. The van der Waals surface area contributed by atoms with Gasteiger partial charge in [0.2, 0.25) is 0 Å². The average molecular weight is 310 g/mol. The molecule has 0 unspecified atom stereocenters. The lowest BCUT2D eigenvalue weighted by Gasteiger charge is -2.38. The second-order valence-corrected chi connectivity index (χ2v) is 7.15. The van der Waals surface area contributed by atoms with E-state index < -0.39 is 0 Å². The van der Waals surface area contributed by atoms with Gasteiger partial charge < -0.3 is 14.6 Å². The van der Waals surface area contributed by atoms with E-state index in [4.69, 9.17) is 4.74 Å². The Bertz CT molecular complexity index is 868. The maximum Gasteiger partial charge on any atom is 0.156 e. The van der Waals surface area contributed by atoms with E-state index in [1.54, 1.807) is 13.4 Å². The summed E-state index contributed by atoms with van der Waals surface area (Å²) in [5.74, 6) is 1.86. The molecule has 1 saturated heterocycles. The number of aromatic amines is 1. The SMILES string of the molecule is COc1ccc2c(c1)[nH]c1c(N3CCCC(C)(C)C3)ncnc12. The summed E-state index contributed by atoms with van der Waals surface area (Å²) in [5, 5.41) is 1.11. The van der Waals surface area contributed by atoms with Gasteiger partial charge in [-0.2, -0.15) is 0 Å². The van der Waals surface area contributed by atoms with Crippen molar-refractivity contribution in [2.24, 2.45) is 5.41 Å². The first-order valence-electron chi connectivity index (χ1n) is 8.13. The van der Waals surface area contributed by atoms with E-state index in [9.17, 15) is 0 Å². The van der Waals surface area contributed by atoms with Crippen LogP contribution < -0.4 is 9.64 Å². The molecule has 0 bridgehead atoms. The molecule has 2 aromatic heterocycles. The number of benzene rings is 1. The van der Waals surface area contributed by atoms with Crippen LogP contribution in [0.2, 0.25) is 0 Å². The zero-order chi connectivity index (χ0) is 16.0. The van der Waals surface area contributed by atoms with Gasteiger partial charge in [0.15, 0.2) is 5.82 Å². The summed E-state index contributed by atoms with van der Waals surface area (Å²) in [5.41, 5.74) is 3.37. The fourth-order valence-electron chi connectivity index (χ4n) is 3.63. The van der Waals surface area contributed by atoms with Crippen LogP contribution in [0, 0.1) is 5.41 Å². The normalized spacial score (nSPS) is 17.8. The second kappa shape index (κ2) is 5.11. The summed E-state index contributed by atoms with van der Waals surface area (Å²) in [4.78, 5) is 15.0. The minimum atomic E-state index is 0.324. The van der Waals surface area contributed by atoms with Crippen molar-refractivity contribution in [3.8, 4) is 5.75 Å². The van der Waals surface area contributed by atoms with Crippen LogP contribution in [0.5, 0.6) is 5.75 Å². The number of fused-ring (bicyclic) bond motifs is 3. The number of H-pyrrole nitrogens is 1. The van der Waals surface area contributed by atoms with Crippen LogP contribution >= 0.6 is 0 Å². The number of anilines is 1. The van der Waals surface area contributed by atoms with Crippen molar-refractivity contribution >= 4 is 27.8 Å². The highest BCUT2D eigenvalue weighted by atomic mass is 16.5. The van der Waals surface area contributed by atoms with E-state index in [-0.39, 0.29) is 0 Å². The molecule has 5 nitrogen and oxygen atoms in total. The number of ether oxygens (including phenoxy) is 1.